The molecule has 4 rings (SSSR count). The van der Waals surface area contributed by atoms with E-state index in [0.29, 0.717) is 5.69 Å². The first-order chi connectivity index (χ1) is 16.8. The van der Waals surface area contributed by atoms with Crippen molar-refractivity contribution in [3.8, 4) is 0 Å². The van der Waals surface area contributed by atoms with E-state index in [1.54, 1.807) is 23.9 Å². The smallest absolute Gasteiger partial charge is 0.255 e. The van der Waals surface area contributed by atoms with Crippen molar-refractivity contribution in [2.24, 2.45) is 0 Å². The number of benzene rings is 4. The van der Waals surface area contributed by atoms with Crippen LogP contribution in [0.5, 0.6) is 0 Å². The van der Waals surface area contributed by atoms with Gasteiger partial charge >= 0.3 is 0 Å². The standard InChI is InChI=1S/C28H26N2O3S2/c1-20-11-16-27(21(2)17-20)34-25-14-12-24(13-15-25)30-28(31)23-9-6-10-26(18-23)35(32,33)29-19-22-7-4-3-5-8-22/h3-18,29H,19H2,1-2H3,(H,30,31). The van der Waals surface area contributed by atoms with E-state index in [4.69, 9.17) is 0 Å². The van der Waals surface area contributed by atoms with Gasteiger partial charge < -0.3 is 5.32 Å². The molecule has 0 spiro atoms. The highest BCUT2D eigenvalue weighted by Gasteiger charge is 2.16. The normalized spacial score (nSPS) is 11.3. The van der Waals surface area contributed by atoms with Gasteiger partial charge in [0.25, 0.3) is 5.91 Å². The highest BCUT2D eigenvalue weighted by Crippen LogP contribution is 2.31. The minimum atomic E-state index is -3.76. The van der Waals surface area contributed by atoms with Gasteiger partial charge in [-0.3, -0.25) is 4.79 Å². The van der Waals surface area contributed by atoms with Gasteiger partial charge in [-0.15, -0.1) is 0 Å². The second kappa shape index (κ2) is 10.9. The molecule has 0 fully saturated rings. The monoisotopic (exact) mass is 502 g/mol. The zero-order valence-electron chi connectivity index (χ0n) is 19.5. The van der Waals surface area contributed by atoms with E-state index in [9.17, 15) is 13.2 Å². The molecule has 0 aliphatic carbocycles. The minimum absolute atomic E-state index is 0.0429. The molecule has 0 aliphatic rings. The molecule has 2 N–H and O–H groups in total. The summed E-state index contributed by atoms with van der Waals surface area (Å²) in [4.78, 5) is 15.1. The summed E-state index contributed by atoms with van der Waals surface area (Å²) in [5.41, 5.74) is 4.20. The Hall–Kier alpha value is -3.39. The Labute approximate surface area is 210 Å². The predicted molar refractivity (Wildman–Crippen MR) is 141 cm³/mol. The SMILES string of the molecule is Cc1ccc(Sc2ccc(NC(=O)c3cccc(S(=O)(=O)NCc4ccccc4)c3)cc2)c(C)c1. The van der Waals surface area contributed by atoms with Crippen molar-refractivity contribution in [1.82, 2.24) is 4.72 Å². The van der Waals surface area contributed by atoms with E-state index >= 15 is 0 Å². The molecule has 35 heavy (non-hydrogen) atoms. The number of amides is 1. The number of rotatable bonds is 8. The van der Waals surface area contributed by atoms with Crippen LogP contribution in [0.2, 0.25) is 0 Å². The molecular formula is C28H26N2O3S2. The van der Waals surface area contributed by atoms with Gasteiger partial charge in [-0.05, 0) is 73.5 Å². The molecule has 7 heteroatoms. The van der Waals surface area contributed by atoms with Crippen LogP contribution in [0.4, 0.5) is 5.69 Å². The molecule has 0 bridgehead atoms. The fraction of sp³-hybridized carbons (Fsp3) is 0.107. The average Bonchev–Trinajstić information content (AvgIpc) is 2.86. The van der Waals surface area contributed by atoms with Crippen LogP contribution in [0, 0.1) is 13.8 Å². The zero-order valence-corrected chi connectivity index (χ0v) is 21.1. The van der Waals surface area contributed by atoms with E-state index in [-0.39, 0.29) is 22.9 Å². The van der Waals surface area contributed by atoms with Crippen LogP contribution in [-0.2, 0) is 16.6 Å². The van der Waals surface area contributed by atoms with Crippen molar-refractivity contribution in [2.75, 3.05) is 5.32 Å². The third-order valence-electron chi connectivity index (χ3n) is 5.39. The fourth-order valence-corrected chi connectivity index (χ4v) is 5.46. The van der Waals surface area contributed by atoms with Crippen LogP contribution in [-0.4, -0.2) is 14.3 Å². The zero-order chi connectivity index (χ0) is 24.8. The molecule has 0 saturated heterocycles. The number of sulfonamides is 1. The molecule has 0 aromatic heterocycles. The van der Waals surface area contributed by atoms with Gasteiger partial charge in [-0.25, -0.2) is 13.1 Å². The summed E-state index contributed by atoms with van der Waals surface area (Å²) in [7, 11) is -3.76. The predicted octanol–water partition coefficient (Wildman–Crippen LogP) is 6.19. The minimum Gasteiger partial charge on any atom is -0.322 e. The van der Waals surface area contributed by atoms with Crippen LogP contribution in [0.25, 0.3) is 0 Å². The first-order valence-corrected chi connectivity index (χ1v) is 13.4. The lowest BCUT2D eigenvalue weighted by Crippen LogP contribution is -2.23. The maximum Gasteiger partial charge on any atom is 0.255 e. The first kappa shape index (κ1) is 24.7. The summed E-state index contributed by atoms with van der Waals surface area (Å²) in [5.74, 6) is -0.375. The Morgan fingerprint density at radius 1 is 0.829 bits per heavy atom. The average molecular weight is 503 g/mol. The van der Waals surface area contributed by atoms with Crippen molar-refractivity contribution in [3.63, 3.8) is 0 Å². The summed E-state index contributed by atoms with van der Waals surface area (Å²) in [5, 5.41) is 2.84. The van der Waals surface area contributed by atoms with Crippen LogP contribution in [0.1, 0.15) is 27.0 Å². The van der Waals surface area contributed by atoms with Crippen LogP contribution >= 0.6 is 11.8 Å². The van der Waals surface area contributed by atoms with Gasteiger partial charge in [0.15, 0.2) is 0 Å². The quantitative estimate of drug-likeness (QED) is 0.301. The van der Waals surface area contributed by atoms with Gasteiger partial charge in [0, 0.05) is 27.6 Å². The van der Waals surface area contributed by atoms with Crippen molar-refractivity contribution in [3.05, 3.63) is 119 Å². The molecule has 0 radical (unpaired) electrons. The summed E-state index contributed by atoms with van der Waals surface area (Å²) >= 11 is 1.67. The van der Waals surface area contributed by atoms with Crippen LogP contribution < -0.4 is 10.0 Å². The Morgan fingerprint density at radius 3 is 2.29 bits per heavy atom. The number of carbonyl (C=O) groups excluding carboxylic acids is 1. The van der Waals surface area contributed by atoms with Gasteiger partial charge in [0.1, 0.15) is 0 Å². The van der Waals surface area contributed by atoms with Crippen molar-refractivity contribution >= 4 is 33.4 Å². The lowest BCUT2D eigenvalue weighted by atomic mass is 10.2. The van der Waals surface area contributed by atoms with Crippen molar-refractivity contribution in [2.45, 2.75) is 35.1 Å². The topological polar surface area (TPSA) is 75.3 Å². The molecule has 0 heterocycles. The van der Waals surface area contributed by atoms with Gasteiger partial charge in [-0.1, -0.05) is 65.9 Å². The van der Waals surface area contributed by atoms with Crippen LogP contribution in [0.3, 0.4) is 0 Å². The Balaban J connectivity index is 1.41. The molecule has 0 atom stereocenters. The second-order valence-corrected chi connectivity index (χ2v) is 11.1. The van der Waals surface area contributed by atoms with Gasteiger partial charge in [0.2, 0.25) is 10.0 Å². The third kappa shape index (κ3) is 6.60. The summed E-state index contributed by atoms with van der Waals surface area (Å²) < 4.78 is 28.0. The lowest BCUT2D eigenvalue weighted by Gasteiger charge is -2.10. The van der Waals surface area contributed by atoms with E-state index < -0.39 is 10.0 Å². The molecule has 5 nitrogen and oxygen atoms in total. The number of carbonyl (C=O) groups is 1. The Kier molecular flexibility index (Phi) is 7.70. The summed E-state index contributed by atoms with van der Waals surface area (Å²) in [6.07, 6.45) is 0. The van der Waals surface area contributed by atoms with E-state index in [0.717, 1.165) is 10.5 Å². The van der Waals surface area contributed by atoms with Crippen molar-refractivity contribution in [1.29, 1.82) is 0 Å². The van der Waals surface area contributed by atoms with E-state index in [1.807, 2.05) is 54.6 Å². The third-order valence-corrected chi connectivity index (χ3v) is 7.97. The van der Waals surface area contributed by atoms with Crippen molar-refractivity contribution < 1.29 is 13.2 Å². The Morgan fingerprint density at radius 2 is 1.57 bits per heavy atom. The summed E-state index contributed by atoms with van der Waals surface area (Å²) in [6.45, 7) is 4.34. The van der Waals surface area contributed by atoms with Gasteiger partial charge in [-0.2, -0.15) is 0 Å². The fourth-order valence-electron chi connectivity index (χ4n) is 3.51. The number of hydrogen-bond acceptors (Lipinski definition) is 4. The molecule has 4 aromatic carbocycles. The molecule has 0 unspecified atom stereocenters. The molecule has 178 valence electrons. The highest BCUT2D eigenvalue weighted by molar-refractivity contribution is 7.99. The highest BCUT2D eigenvalue weighted by atomic mass is 32.2. The summed E-state index contributed by atoms with van der Waals surface area (Å²) in [6, 6.07) is 29.2. The molecular weight excluding hydrogens is 476 g/mol. The molecule has 4 aromatic rings. The second-order valence-electron chi connectivity index (χ2n) is 8.19. The number of nitrogens with one attached hydrogen (secondary N) is 2. The first-order valence-electron chi connectivity index (χ1n) is 11.1. The van der Waals surface area contributed by atoms with E-state index in [2.05, 4.69) is 42.1 Å². The molecule has 0 aliphatic heterocycles. The number of anilines is 1. The molecule has 1 amide bonds. The van der Waals surface area contributed by atoms with Crippen LogP contribution in [0.15, 0.2) is 112 Å². The van der Waals surface area contributed by atoms with E-state index in [1.165, 1.54) is 28.2 Å². The lowest BCUT2D eigenvalue weighted by molar-refractivity contribution is 0.102. The largest absolute Gasteiger partial charge is 0.322 e. The number of aryl methyl sites for hydroxylation is 2. The Bertz CT molecular complexity index is 1440. The molecule has 0 saturated carbocycles. The maximum atomic E-state index is 12.8. The number of hydrogen-bond donors (Lipinski definition) is 2. The maximum absolute atomic E-state index is 12.8. The van der Waals surface area contributed by atoms with Gasteiger partial charge in [0.05, 0.1) is 4.90 Å².